The largest absolute Gasteiger partial charge is 0.496 e. The van der Waals surface area contributed by atoms with Crippen LogP contribution in [-0.2, 0) is 6.42 Å². The van der Waals surface area contributed by atoms with Gasteiger partial charge >= 0.3 is 0 Å². The molecule has 0 bridgehead atoms. The highest BCUT2D eigenvalue weighted by molar-refractivity contribution is 5.46. The fourth-order valence-electron chi connectivity index (χ4n) is 1.62. The van der Waals surface area contributed by atoms with Crippen LogP contribution in [0.3, 0.4) is 0 Å². The number of benzene rings is 1. The van der Waals surface area contributed by atoms with Gasteiger partial charge in [-0.1, -0.05) is 0 Å². The van der Waals surface area contributed by atoms with Crippen LogP contribution in [0.5, 0.6) is 11.5 Å². The molecule has 0 aliphatic heterocycles. The molecular weight excluding hydrogens is 206 g/mol. The number of hydrogen-bond acceptors (Lipinski definition) is 4. The fourth-order valence-corrected chi connectivity index (χ4v) is 1.62. The van der Waals surface area contributed by atoms with Crippen molar-refractivity contribution in [1.82, 2.24) is 0 Å². The molecule has 1 aromatic rings. The Morgan fingerprint density at radius 3 is 2.38 bits per heavy atom. The smallest absolute Gasteiger partial charge is 0.122 e. The Balaban J connectivity index is 3.04. The summed E-state index contributed by atoms with van der Waals surface area (Å²) >= 11 is 0. The van der Waals surface area contributed by atoms with E-state index >= 15 is 0 Å². The van der Waals surface area contributed by atoms with E-state index < -0.39 is 0 Å². The minimum Gasteiger partial charge on any atom is -0.496 e. The van der Waals surface area contributed by atoms with Crippen molar-refractivity contribution in [1.29, 1.82) is 0 Å². The number of hydrogen-bond donors (Lipinski definition) is 2. The fraction of sp³-hybridized carbons (Fsp3) is 0.500. The third-order valence-electron chi connectivity index (χ3n) is 2.51. The maximum absolute atomic E-state index is 8.94. The first kappa shape index (κ1) is 12.8. The average Bonchev–Trinajstić information content (AvgIpc) is 2.30. The Bertz CT molecular complexity index is 352. The molecule has 0 spiro atoms. The second-order valence-electron chi connectivity index (χ2n) is 3.78. The van der Waals surface area contributed by atoms with Gasteiger partial charge in [0.2, 0.25) is 0 Å². The molecule has 4 nitrogen and oxygen atoms in total. The van der Waals surface area contributed by atoms with Crippen LogP contribution >= 0.6 is 0 Å². The lowest BCUT2D eigenvalue weighted by molar-refractivity contribution is 0.264. The molecule has 0 aliphatic carbocycles. The van der Waals surface area contributed by atoms with Gasteiger partial charge in [0, 0.05) is 6.04 Å². The lowest BCUT2D eigenvalue weighted by Gasteiger charge is -2.15. The van der Waals surface area contributed by atoms with Crippen molar-refractivity contribution < 1.29 is 14.6 Å². The highest BCUT2D eigenvalue weighted by Gasteiger charge is 2.11. The Labute approximate surface area is 96.0 Å². The van der Waals surface area contributed by atoms with Crippen LogP contribution in [0.1, 0.15) is 11.1 Å². The van der Waals surface area contributed by atoms with Gasteiger partial charge in [-0.3, -0.25) is 0 Å². The standard InChI is InChI=1S/C12H19NO3/c1-8-4-12(16-3)9(5-10(13)7-14)6-11(8)15-2/h4,6,10,14H,5,7,13H2,1-3H3. The van der Waals surface area contributed by atoms with Gasteiger partial charge in [-0.05, 0) is 36.6 Å². The van der Waals surface area contributed by atoms with Crippen molar-refractivity contribution in [3.05, 3.63) is 23.3 Å². The second-order valence-corrected chi connectivity index (χ2v) is 3.78. The third kappa shape index (κ3) is 2.87. The molecule has 4 heteroatoms. The SMILES string of the molecule is COc1cc(CC(N)CO)c(OC)cc1C. The summed E-state index contributed by atoms with van der Waals surface area (Å²) in [4.78, 5) is 0. The number of aliphatic hydroxyl groups is 1. The summed E-state index contributed by atoms with van der Waals surface area (Å²) in [5, 5.41) is 8.94. The van der Waals surface area contributed by atoms with E-state index in [2.05, 4.69) is 0 Å². The van der Waals surface area contributed by atoms with Crippen LogP contribution in [0.25, 0.3) is 0 Å². The summed E-state index contributed by atoms with van der Waals surface area (Å²) in [5.41, 5.74) is 7.68. The summed E-state index contributed by atoms with van der Waals surface area (Å²) < 4.78 is 10.5. The molecular formula is C12H19NO3. The molecule has 0 amide bonds. The van der Waals surface area contributed by atoms with Crippen LogP contribution in [-0.4, -0.2) is 32.0 Å². The number of rotatable bonds is 5. The molecule has 0 saturated carbocycles. The quantitative estimate of drug-likeness (QED) is 0.780. The first-order chi connectivity index (χ1) is 7.62. The third-order valence-corrected chi connectivity index (χ3v) is 2.51. The van der Waals surface area contributed by atoms with Crippen LogP contribution in [0, 0.1) is 6.92 Å². The molecule has 0 aliphatic rings. The van der Waals surface area contributed by atoms with Gasteiger partial charge in [0.15, 0.2) is 0 Å². The van der Waals surface area contributed by atoms with E-state index in [9.17, 15) is 0 Å². The minimum atomic E-state index is -0.277. The topological polar surface area (TPSA) is 64.7 Å². The number of aryl methyl sites for hydroxylation is 1. The van der Waals surface area contributed by atoms with E-state index in [-0.39, 0.29) is 12.6 Å². The van der Waals surface area contributed by atoms with E-state index in [1.54, 1.807) is 14.2 Å². The van der Waals surface area contributed by atoms with Crippen LogP contribution < -0.4 is 15.2 Å². The number of ether oxygens (including phenoxy) is 2. The van der Waals surface area contributed by atoms with Gasteiger partial charge in [0.1, 0.15) is 11.5 Å². The molecule has 1 atom stereocenters. The van der Waals surface area contributed by atoms with E-state index in [0.29, 0.717) is 6.42 Å². The van der Waals surface area contributed by atoms with Gasteiger partial charge in [0.25, 0.3) is 0 Å². The van der Waals surface area contributed by atoms with Gasteiger partial charge < -0.3 is 20.3 Å². The zero-order valence-corrected chi connectivity index (χ0v) is 9.99. The van der Waals surface area contributed by atoms with Crippen molar-refractivity contribution in [3.63, 3.8) is 0 Å². The Kier molecular flexibility index (Phi) is 4.58. The zero-order chi connectivity index (χ0) is 12.1. The lowest BCUT2D eigenvalue weighted by atomic mass is 10.0. The van der Waals surface area contributed by atoms with Gasteiger partial charge in [-0.25, -0.2) is 0 Å². The predicted molar refractivity (Wildman–Crippen MR) is 63.0 cm³/mol. The molecule has 90 valence electrons. The van der Waals surface area contributed by atoms with Crippen molar-refractivity contribution in [3.8, 4) is 11.5 Å². The molecule has 0 radical (unpaired) electrons. The van der Waals surface area contributed by atoms with Crippen LogP contribution in [0.4, 0.5) is 0 Å². The van der Waals surface area contributed by atoms with Gasteiger partial charge in [-0.15, -0.1) is 0 Å². The summed E-state index contributed by atoms with van der Waals surface area (Å²) in [6, 6.07) is 3.54. The van der Waals surface area contributed by atoms with E-state index in [1.165, 1.54) is 0 Å². The predicted octanol–water partition coefficient (Wildman–Crippen LogP) is 0.874. The maximum atomic E-state index is 8.94. The Morgan fingerprint density at radius 2 is 1.88 bits per heavy atom. The highest BCUT2D eigenvalue weighted by Crippen LogP contribution is 2.28. The van der Waals surface area contributed by atoms with E-state index in [4.69, 9.17) is 20.3 Å². The molecule has 16 heavy (non-hydrogen) atoms. The van der Waals surface area contributed by atoms with E-state index in [0.717, 1.165) is 22.6 Å². The first-order valence-corrected chi connectivity index (χ1v) is 5.20. The average molecular weight is 225 g/mol. The molecule has 0 heterocycles. The summed E-state index contributed by atoms with van der Waals surface area (Å²) in [5.74, 6) is 1.59. The molecule has 3 N–H and O–H groups in total. The van der Waals surface area contributed by atoms with Crippen molar-refractivity contribution in [2.75, 3.05) is 20.8 Å². The van der Waals surface area contributed by atoms with Crippen molar-refractivity contribution in [2.45, 2.75) is 19.4 Å². The number of methoxy groups -OCH3 is 2. The minimum absolute atomic E-state index is 0.0423. The lowest BCUT2D eigenvalue weighted by Crippen LogP contribution is -2.27. The summed E-state index contributed by atoms with van der Waals surface area (Å²) in [6.45, 7) is 1.91. The molecule has 0 aromatic heterocycles. The van der Waals surface area contributed by atoms with Crippen molar-refractivity contribution >= 4 is 0 Å². The summed E-state index contributed by atoms with van der Waals surface area (Å²) in [6.07, 6.45) is 0.566. The number of aliphatic hydroxyl groups excluding tert-OH is 1. The molecule has 0 fully saturated rings. The monoisotopic (exact) mass is 225 g/mol. The molecule has 0 saturated heterocycles. The first-order valence-electron chi connectivity index (χ1n) is 5.20. The van der Waals surface area contributed by atoms with Gasteiger partial charge in [0.05, 0.1) is 20.8 Å². The van der Waals surface area contributed by atoms with Crippen molar-refractivity contribution in [2.24, 2.45) is 5.73 Å². The molecule has 1 aromatic carbocycles. The molecule has 1 rings (SSSR count). The maximum Gasteiger partial charge on any atom is 0.122 e. The Hall–Kier alpha value is -1.26. The molecule has 1 unspecified atom stereocenters. The zero-order valence-electron chi connectivity index (χ0n) is 9.99. The highest BCUT2D eigenvalue weighted by atomic mass is 16.5. The number of nitrogens with two attached hydrogens (primary N) is 1. The van der Waals surface area contributed by atoms with Crippen LogP contribution in [0.15, 0.2) is 12.1 Å². The summed E-state index contributed by atoms with van der Waals surface area (Å²) in [7, 11) is 3.25. The Morgan fingerprint density at radius 1 is 1.25 bits per heavy atom. The van der Waals surface area contributed by atoms with Gasteiger partial charge in [-0.2, -0.15) is 0 Å². The van der Waals surface area contributed by atoms with E-state index in [1.807, 2.05) is 19.1 Å². The normalized spacial score (nSPS) is 12.3. The second kappa shape index (κ2) is 5.72. The van der Waals surface area contributed by atoms with Crippen LogP contribution in [0.2, 0.25) is 0 Å².